The van der Waals surface area contributed by atoms with Gasteiger partial charge in [0.1, 0.15) is 73.2 Å². The predicted octanol–water partition coefficient (Wildman–Crippen LogP) is 6.10. The molecule has 0 spiro atoms. The third kappa shape index (κ3) is 27.8. The molecule has 17 atom stereocenters. The first-order valence-electron chi connectivity index (χ1n) is 31.2. The molecule has 3 fully saturated rings. The lowest BCUT2D eigenvalue weighted by Gasteiger charge is -2.48. The fourth-order valence-corrected chi connectivity index (χ4v) is 10.5. The lowest BCUT2D eigenvalue weighted by molar-refractivity contribution is -0.379. The van der Waals surface area contributed by atoms with Gasteiger partial charge in [0.15, 0.2) is 18.9 Å². The van der Waals surface area contributed by atoms with E-state index < -0.39 is 124 Å². The Labute approximate surface area is 479 Å². The summed E-state index contributed by atoms with van der Waals surface area (Å²) in [7, 11) is 0. The topological polar surface area (TPSA) is 307 Å². The molecule has 17 unspecified atom stereocenters. The minimum atomic E-state index is -1.98. The molecule has 3 heterocycles. The second kappa shape index (κ2) is 44.5. The highest BCUT2D eigenvalue weighted by Crippen LogP contribution is 2.33. The maximum Gasteiger partial charge on any atom is 0.220 e. The number of rotatable bonds is 46. The average molecular weight is 1150 g/mol. The second-order valence-electron chi connectivity index (χ2n) is 22.5. The Hall–Kier alpha value is -1.99. The highest BCUT2D eigenvalue weighted by Gasteiger charge is 2.53. The number of ether oxygens (including phenoxy) is 6. The van der Waals surface area contributed by atoms with Gasteiger partial charge in [-0.15, -0.1) is 0 Å². The molecule has 0 bridgehead atoms. The number of aliphatic hydroxyl groups is 11. The number of aliphatic hydroxyl groups excluding tert-OH is 11. The van der Waals surface area contributed by atoms with Gasteiger partial charge >= 0.3 is 0 Å². The van der Waals surface area contributed by atoms with E-state index in [1.54, 1.807) is 6.08 Å². The molecule has 0 aliphatic carbocycles. The number of nitrogens with one attached hydrogen (secondary N) is 1. The molecule has 0 saturated carbocycles. The molecule has 468 valence electrons. The third-order valence-electron chi connectivity index (χ3n) is 15.7. The molecule has 0 radical (unpaired) electrons. The van der Waals surface area contributed by atoms with E-state index >= 15 is 0 Å². The van der Waals surface area contributed by atoms with Crippen LogP contribution in [0.1, 0.15) is 213 Å². The molecule has 80 heavy (non-hydrogen) atoms. The maximum absolute atomic E-state index is 13.3. The number of amides is 1. The predicted molar refractivity (Wildman–Crippen MR) is 305 cm³/mol. The van der Waals surface area contributed by atoms with Gasteiger partial charge in [0, 0.05) is 6.42 Å². The van der Waals surface area contributed by atoms with Crippen LogP contribution in [0.4, 0.5) is 0 Å². The number of carbonyl (C=O) groups is 1. The van der Waals surface area contributed by atoms with Crippen molar-refractivity contribution in [3.63, 3.8) is 0 Å². The molecule has 1 amide bonds. The van der Waals surface area contributed by atoms with Gasteiger partial charge in [-0.25, -0.2) is 0 Å². The Balaban J connectivity index is 1.48. The summed E-state index contributed by atoms with van der Waals surface area (Å²) in [5.74, 6) is -0.290. The molecule has 3 aliphatic rings. The van der Waals surface area contributed by atoms with Crippen LogP contribution in [-0.2, 0) is 33.2 Å². The normalized spacial score (nSPS) is 30.2. The van der Waals surface area contributed by atoms with Crippen molar-refractivity contribution >= 4 is 5.91 Å². The van der Waals surface area contributed by atoms with Gasteiger partial charge in [0.25, 0.3) is 0 Å². The van der Waals surface area contributed by atoms with Crippen molar-refractivity contribution in [1.82, 2.24) is 5.32 Å². The lowest BCUT2D eigenvalue weighted by atomic mass is 9.96. The van der Waals surface area contributed by atoms with E-state index in [0.717, 1.165) is 77.0 Å². The number of carbonyl (C=O) groups excluding carboxylic acids is 1. The smallest absolute Gasteiger partial charge is 0.220 e. The van der Waals surface area contributed by atoms with Crippen LogP contribution in [0.3, 0.4) is 0 Å². The van der Waals surface area contributed by atoms with E-state index in [-0.39, 0.29) is 18.9 Å². The molecule has 3 aliphatic heterocycles. The fraction of sp³-hybridized carbons (Fsp3) is 0.885. The molecule has 0 aromatic carbocycles. The second-order valence-corrected chi connectivity index (χ2v) is 22.5. The van der Waals surface area contributed by atoms with Crippen LogP contribution >= 0.6 is 0 Å². The number of hydrogen-bond acceptors (Lipinski definition) is 18. The summed E-state index contributed by atoms with van der Waals surface area (Å²) >= 11 is 0. The summed E-state index contributed by atoms with van der Waals surface area (Å²) in [4.78, 5) is 13.3. The Morgan fingerprint density at radius 2 is 0.850 bits per heavy atom. The maximum atomic E-state index is 13.3. The van der Waals surface area contributed by atoms with Gasteiger partial charge in [-0.1, -0.05) is 198 Å². The summed E-state index contributed by atoms with van der Waals surface area (Å²) < 4.78 is 34.2. The first-order valence-corrected chi connectivity index (χ1v) is 31.2. The summed E-state index contributed by atoms with van der Waals surface area (Å²) in [6.07, 6.45) is 21.3. The molecule has 0 aromatic rings. The van der Waals surface area contributed by atoms with Gasteiger partial charge in [0.05, 0.1) is 38.6 Å². The van der Waals surface area contributed by atoms with Crippen molar-refractivity contribution in [1.29, 1.82) is 0 Å². The van der Waals surface area contributed by atoms with E-state index in [4.69, 9.17) is 28.4 Å². The van der Waals surface area contributed by atoms with Gasteiger partial charge in [-0.05, 0) is 44.9 Å². The summed E-state index contributed by atoms with van der Waals surface area (Å²) in [5, 5.41) is 120. The van der Waals surface area contributed by atoms with Crippen LogP contribution in [0.2, 0.25) is 0 Å². The van der Waals surface area contributed by atoms with E-state index in [0.29, 0.717) is 6.42 Å². The molecular weight excluding hydrogens is 1030 g/mol. The molecule has 3 saturated heterocycles. The van der Waals surface area contributed by atoms with Gasteiger partial charge in [-0.2, -0.15) is 0 Å². The van der Waals surface area contributed by atoms with Crippen LogP contribution in [0.5, 0.6) is 0 Å². The molecule has 12 N–H and O–H groups in total. The molecular formula is C61H111NO18. The monoisotopic (exact) mass is 1150 g/mol. The zero-order chi connectivity index (χ0) is 58.3. The van der Waals surface area contributed by atoms with Crippen molar-refractivity contribution in [3.05, 3.63) is 36.5 Å². The van der Waals surface area contributed by atoms with E-state index in [9.17, 15) is 61.0 Å². The first kappa shape index (κ1) is 72.3. The standard InChI is InChI=1S/C61H111NO18/c1-3-5-7-9-11-13-15-17-18-19-20-21-22-23-24-25-27-28-30-32-34-36-38-45(66)44(62-49(67)39-37-35-33-31-29-26-16-14-12-10-8-6-4-2)43-75-59-55(73)52(70)57(47(41-64)77-59)80-61-56(74)53(71)58(48(42-65)78-61)79-60-54(72)51(69)50(68)46(40-63)76-60/h8,10,14,16,36,38,44-48,50-61,63-66,68-74H,3-7,9,11-13,15,17-35,37,39-43H2,1-2H3,(H,62,67)/b10-8-,16-14-,38-36+. The Morgan fingerprint density at radius 3 is 1.32 bits per heavy atom. The van der Waals surface area contributed by atoms with Crippen molar-refractivity contribution < 1.29 is 89.4 Å². The molecule has 0 aromatic heterocycles. The molecule has 19 heteroatoms. The first-order chi connectivity index (χ1) is 38.8. The molecule has 19 nitrogen and oxygen atoms in total. The quantitative estimate of drug-likeness (QED) is 0.0242. The molecule has 3 rings (SSSR count). The van der Waals surface area contributed by atoms with Crippen LogP contribution < -0.4 is 5.32 Å². The van der Waals surface area contributed by atoms with Crippen molar-refractivity contribution in [2.75, 3.05) is 26.4 Å². The number of allylic oxidation sites excluding steroid dienone is 5. The van der Waals surface area contributed by atoms with Crippen LogP contribution in [0, 0.1) is 0 Å². The van der Waals surface area contributed by atoms with Gasteiger partial charge in [0.2, 0.25) is 5.91 Å². The minimum Gasteiger partial charge on any atom is -0.394 e. The van der Waals surface area contributed by atoms with E-state index in [1.165, 1.54) is 109 Å². The van der Waals surface area contributed by atoms with Crippen LogP contribution in [0.25, 0.3) is 0 Å². The van der Waals surface area contributed by atoms with Crippen molar-refractivity contribution in [2.24, 2.45) is 0 Å². The Morgan fingerprint density at radius 1 is 0.450 bits per heavy atom. The average Bonchev–Trinajstić information content (AvgIpc) is 3.46. The summed E-state index contributed by atoms with van der Waals surface area (Å²) in [5.41, 5.74) is 0. The summed E-state index contributed by atoms with van der Waals surface area (Å²) in [6.45, 7) is 1.65. The van der Waals surface area contributed by atoms with E-state index in [1.807, 2.05) is 6.08 Å². The SMILES string of the molecule is CCC/C=C\C/C=C\CCCCCCCC(=O)NC(COC1OC(CO)C(OC2OC(CO)C(OC3OC(CO)C(O)C(O)C3O)C(O)C2O)C(O)C1O)C(O)/C=C/CCCCCCCCCCCCCCCCCCCCCC. The largest absolute Gasteiger partial charge is 0.394 e. The fourth-order valence-electron chi connectivity index (χ4n) is 10.5. The zero-order valence-corrected chi connectivity index (χ0v) is 48.8. The highest BCUT2D eigenvalue weighted by atomic mass is 16.8. The lowest BCUT2D eigenvalue weighted by Crippen LogP contribution is -2.66. The number of unbranched alkanes of at least 4 members (excludes halogenated alkanes) is 26. The highest BCUT2D eigenvalue weighted by molar-refractivity contribution is 5.76. The van der Waals surface area contributed by atoms with Crippen molar-refractivity contribution in [2.45, 2.75) is 317 Å². The van der Waals surface area contributed by atoms with Crippen molar-refractivity contribution in [3.8, 4) is 0 Å². The van der Waals surface area contributed by atoms with Crippen LogP contribution in [-0.4, -0.2) is 193 Å². The zero-order valence-electron chi connectivity index (χ0n) is 48.8. The minimum absolute atomic E-state index is 0.227. The van der Waals surface area contributed by atoms with Gasteiger partial charge in [-0.3, -0.25) is 4.79 Å². The van der Waals surface area contributed by atoms with E-state index in [2.05, 4.69) is 43.5 Å². The Bertz CT molecular complexity index is 1600. The van der Waals surface area contributed by atoms with Crippen LogP contribution in [0.15, 0.2) is 36.5 Å². The third-order valence-corrected chi connectivity index (χ3v) is 15.7. The Kier molecular flexibility index (Phi) is 40.2. The van der Waals surface area contributed by atoms with Gasteiger partial charge < -0.3 is 89.9 Å². The summed E-state index contributed by atoms with van der Waals surface area (Å²) in [6, 6.07) is -0.979. The number of hydrogen-bond donors (Lipinski definition) is 12.